The molecular formula is C34H39Cl3Ti. The monoisotopic (exact) mass is 600 g/mol. The van der Waals surface area contributed by atoms with Gasteiger partial charge in [0.2, 0.25) is 0 Å². The van der Waals surface area contributed by atoms with Crippen molar-refractivity contribution in [1.29, 1.82) is 0 Å². The summed E-state index contributed by atoms with van der Waals surface area (Å²) in [5.41, 5.74) is 14.2. The molecule has 0 nitrogen and oxygen atoms in total. The van der Waals surface area contributed by atoms with Crippen LogP contribution in [0.1, 0.15) is 76.8 Å². The van der Waals surface area contributed by atoms with Gasteiger partial charge >= 0.3 is 21.7 Å². The van der Waals surface area contributed by atoms with Gasteiger partial charge in [-0.3, -0.25) is 0 Å². The molecule has 3 aromatic carbocycles. The second-order valence-corrected chi connectivity index (χ2v) is 10.7. The summed E-state index contributed by atoms with van der Waals surface area (Å²) in [6, 6.07) is 21.3. The molecule has 1 unspecified atom stereocenters. The van der Waals surface area contributed by atoms with Crippen LogP contribution in [0, 0.1) is 53.5 Å². The number of allylic oxidation sites excluding steroid dienone is 4. The first-order valence-corrected chi connectivity index (χ1v) is 12.7. The summed E-state index contributed by atoms with van der Waals surface area (Å²) < 4.78 is 0. The quantitative estimate of drug-likeness (QED) is 0.212. The average Bonchev–Trinajstić information content (AvgIpc) is 3.22. The Morgan fingerprint density at radius 2 is 0.947 bits per heavy atom. The van der Waals surface area contributed by atoms with Crippen LogP contribution >= 0.6 is 0 Å². The third-order valence-corrected chi connectivity index (χ3v) is 7.38. The SMILES string of the molecule is CCC(C)C1=CCC(C(c2cc(C)cc(C)c2)(c2cc(C)cc(C)c2)c2cc(C)cc(C)c2)=[C-]1.[Cl-].[Cl-].[Cl-].[Ti+4]. The molecule has 0 amide bonds. The van der Waals surface area contributed by atoms with Crippen LogP contribution in [0.3, 0.4) is 0 Å². The Labute approximate surface area is 264 Å². The topological polar surface area (TPSA) is 0 Å². The molecular weight excluding hydrogens is 563 g/mol. The van der Waals surface area contributed by atoms with Gasteiger partial charge in [-0.05, 0) is 58.2 Å². The largest absolute Gasteiger partial charge is 4.00 e. The van der Waals surface area contributed by atoms with Crippen LogP contribution in [0.25, 0.3) is 0 Å². The molecule has 0 saturated carbocycles. The van der Waals surface area contributed by atoms with Crippen LogP contribution < -0.4 is 37.2 Å². The second kappa shape index (κ2) is 14.9. The van der Waals surface area contributed by atoms with Crippen molar-refractivity contribution in [2.75, 3.05) is 0 Å². The van der Waals surface area contributed by atoms with Crippen molar-refractivity contribution < 1.29 is 58.9 Å². The van der Waals surface area contributed by atoms with E-state index in [0.717, 1.165) is 12.8 Å². The normalized spacial score (nSPS) is 13.2. The van der Waals surface area contributed by atoms with Crippen molar-refractivity contribution in [3.8, 4) is 0 Å². The molecule has 1 aliphatic carbocycles. The maximum Gasteiger partial charge on any atom is 4.00 e. The molecule has 0 aliphatic heterocycles. The molecule has 38 heavy (non-hydrogen) atoms. The van der Waals surface area contributed by atoms with Gasteiger partial charge in [-0.15, -0.1) is 0 Å². The number of hydrogen-bond acceptors (Lipinski definition) is 0. The molecule has 1 atom stereocenters. The standard InChI is InChI=1S/C34H39.3ClH.Ti/c1-9-28(8)29-10-11-30(21-29)34(31-15-22(2)12-23(3)16-31,32-17-24(4)13-25(5)18-32)33-19-26(6)14-27(7)20-33;;;;/h10,12-20,28H,9,11H2,1-8H3;3*1H;/q-1;;;;+4/p-3. The number of rotatable bonds is 6. The minimum absolute atomic E-state index is 0. The zero-order valence-electron chi connectivity index (χ0n) is 23.9. The van der Waals surface area contributed by atoms with Gasteiger partial charge in [-0.1, -0.05) is 121 Å². The van der Waals surface area contributed by atoms with E-state index in [2.05, 4.69) is 122 Å². The van der Waals surface area contributed by atoms with Crippen molar-refractivity contribution in [2.24, 2.45) is 5.92 Å². The van der Waals surface area contributed by atoms with Gasteiger partial charge < -0.3 is 37.2 Å². The molecule has 4 heteroatoms. The Morgan fingerprint density at radius 3 is 1.24 bits per heavy atom. The maximum atomic E-state index is 3.97. The number of aryl methyl sites for hydroxylation is 6. The van der Waals surface area contributed by atoms with Crippen LogP contribution in [0.5, 0.6) is 0 Å². The molecule has 3 aromatic rings. The van der Waals surface area contributed by atoms with Gasteiger partial charge in [0, 0.05) is 5.41 Å². The van der Waals surface area contributed by atoms with E-state index in [1.165, 1.54) is 61.2 Å². The molecule has 0 spiro atoms. The Balaban J connectivity index is 0.00000342. The predicted molar refractivity (Wildman–Crippen MR) is 147 cm³/mol. The fourth-order valence-electron chi connectivity index (χ4n) is 5.88. The first-order chi connectivity index (χ1) is 16.1. The van der Waals surface area contributed by atoms with Crippen LogP contribution in [0.4, 0.5) is 0 Å². The molecule has 0 aromatic heterocycles. The Bertz CT molecular complexity index is 1120. The third kappa shape index (κ3) is 7.27. The molecule has 0 radical (unpaired) electrons. The van der Waals surface area contributed by atoms with Crippen molar-refractivity contribution in [2.45, 2.75) is 73.6 Å². The fraction of sp³-hybridized carbons (Fsp3) is 0.353. The van der Waals surface area contributed by atoms with Gasteiger partial charge in [0.05, 0.1) is 0 Å². The van der Waals surface area contributed by atoms with E-state index >= 15 is 0 Å². The fourth-order valence-corrected chi connectivity index (χ4v) is 5.88. The van der Waals surface area contributed by atoms with Crippen molar-refractivity contribution in [3.05, 3.63) is 128 Å². The zero-order chi connectivity index (χ0) is 24.6. The molecule has 200 valence electrons. The summed E-state index contributed by atoms with van der Waals surface area (Å²) in [4.78, 5) is 0. The van der Waals surface area contributed by atoms with Gasteiger partial charge in [0.25, 0.3) is 0 Å². The van der Waals surface area contributed by atoms with Gasteiger partial charge in [0.1, 0.15) is 0 Å². The molecule has 0 saturated heterocycles. The number of halogens is 3. The minimum atomic E-state index is -0.379. The average molecular weight is 602 g/mol. The molecule has 1 aliphatic rings. The van der Waals surface area contributed by atoms with E-state index in [9.17, 15) is 0 Å². The van der Waals surface area contributed by atoms with Crippen molar-refractivity contribution in [1.82, 2.24) is 0 Å². The molecule has 4 rings (SSSR count). The number of hydrogen-bond donors (Lipinski definition) is 0. The van der Waals surface area contributed by atoms with Crippen LogP contribution in [0.2, 0.25) is 0 Å². The molecule has 0 N–H and O–H groups in total. The molecule has 0 bridgehead atoms. The van der Waals surface area contributed by atoms with Crippen LogP contribution in [0.15, 0.2) is 71.8 Å². The zero-order valence-corrected chi connectivity index (χ0v) is 27.7. The van der Waals surface area contributed by atoms with Gasteiger partial charge in [-0.25, -0.2) is 17.7 Å². The molecule has 0 fully saturated rings. The minimum Gasteiger partial charge on any atom is -1.00 e. The summed E-state index contributed by atoms with van der Waals surface area (Å²) >= 11 is 0. The summed E-state index contributed by atoms with van der Waals surface area (Å²) in [6.45, 7) is 17.9. The summed E-state index contributed by atoms with van der Waals surface area (Å²) in [6.07, 6.45) is 8.47. The Hall–Kier alpha value is -1.28. The van der Waals surface area contributed by atoms with Crippen molar-refractivity contribution in [3.63, 3.8) is 0 Å². The third-order valence-electron chi connectivity index (χ3n) is 7.38. The van der Waals surface area contributed by atoms with Gasteiger partial charge in [-0.2, -0.15) is 5.57 Å². The van der Waals surface area contributed by atoms with Crippen molar-refractivity contribution >= 4 is 0 Å². The first-order valence-electron chi connectivity index (χ1n) is 12.7. The van der Waals surface area contributed by atoms with Gasteiger partial charge in [0.15, 0.2) is 0 Å². The van der Waals surface area contributed by atoms with E-state index in [0.29, 0.717) is 5.92 Å². The second-order valence-electron chi connectivity index (χ2n) is 10.7. The van der Waals surface area contributed by atoms with Crippen LogP contribution in [-0.2, 0) is 27.1 Å². The Kier molecular flexibility index (Phi) is 14.4. The number of benzene rings is 3. The molecule has 0 heterocycles. The van der Waals surface area contributed by atoms with Crippen LogP contribution in [-0.4, -0.2) is 0 Å². The maximum absolute atomic E-state index is 3.97. The van der Waals surface area contributed by atoms with E-state index in [1.54, 1.807) is 0 Å². The predicted octanol–water partition coefficient (Wildman–Crippen LogP) is -0.0132. The van der Waals surface area contributed by atoms with E-state index < -0.39 is 0 Å². The van der Waals surface area contributed by atoms with E-state index in [-0.39, 0.29) is 64.4 Å². The van der Waals surface area contributed by atoms with E-state index in [4.69, 9.17) is 0 Å². The summed E-state index contributed by atoms with van der Waals surface area (Å²) in [7, 11) is 0. The Morgan fingerprint density at radius 1 is 0.632 bits per heavy atom. The summed E-state index contributed by atoms with van der Waals surface area (Å²) in [5, 5.41) is 0. The summed E-state index contributed by atoms with van der Waals surface area (Å²) in [5.74, 6) is 0.521. The van der Waals surface area contributed by atoms with E-state index in [1.807, 2.05) is 0 Å². The smallest absolute Gasteiger partial charge is 1.00 e. The first kappa shape index (κ1) is 36.7.